The molecule has 3 rings (SSSR count). The lowest BCUT2D eigenvalue weighted by Crippen LogP contribution is -2.40. The molecule has 1 aromatic carbocycles. The number of fused-ring (bicyclic) bond motifs is 1. The molecule has 1 atom stereocenters. The Morgan fingerprint density at radius 1 is 1.28 bits per heavy atom. The van der Waals surface area contributed by atoms with Gasteiger partial charge in [-0.2, -0.15) is 0 Å². The molecule has 2 heterocycles. The van der Waals surface area contributed by atoms with Gasteiger partial charge in [0.25, 0.3) is 0 Å². The molecule has 1 fully saturated rings. The number of benzene rings is 1. The maximum atomic E-state index is 12.4. The maximum absolute atomic E-state index is 12.4. The van der Waals surface area contributed by atoms with Crippen LogP contribution >= 0.6 is 11.3 Å². The van der Waals surface area contributed by atoms with Crippen LogP contribution in [0.3, 0.4) is 0 Å². The van der Waals surface area contributed by atoms with Crippen molar-refractivity contribution in [1.82, 2.24) is 9.88 Å². The van der Waals surface area contributed by atoms with E-state index < -0.39 is 5.97 Å². The quantitative estimate of drug-likeness (QED) is 0.817. The summed E-state index contributed by atoms with van der Waals surface area (Å²) in [4.78, 5) is 29.7. The number of piperidine rings is 1. The summed E-state index contributed by atoms with van der Waals surface area (Å²) in [5.74, 6) is -0.224. The number of hydrogen-bond acceptors (Lipinski definition) is 4. The fraction of sp³-hybridized carbons (Fsp3) is 0.526. The molecule has 0 saturated carbocycles. The average molecular weight is 360 g/mol. The fourth-order valence-corrected chi connectivity index (χ4v) is 4.44. The molecular formula is C19H24N2O3S. The van der Waals surface area contributed by atoms with Crippen LogP contribution in [0.15, 0.2) is 24.3 Å². The first kappa shape index (κ1) is 17.9. The number of aliphatic carboxylic acids is 1. The smallest absolute Gasteiger partial charge is 0.303 e. The SMILES string of the molecule is O=C(O)CC[C@@H]1CCCN(C(=O)CCCc2nc3ccccc3s2)C1. The zero-order chi connectivity index (χ0) is 17.6. The van der Waals surface area contributed by atoms with Crippen molar-refractivity contribution in [2.45, 2.75) is 44.9 Å². The van der Waals surface area contributed by atoms with Gasteiger partial charge in [0, 0.05) is 25.9 Å². The van der Waals surface area contributed by atoms with E-state index in [2.05, 4.69) is 11.1 Å². The van der Waals surface area contributed by atoms with Crippen LogP contribution < -0.4 is 0 Å². The Morgan fingerprint density at radius 2 is 2.12 bits per heavy atom. The predicted octanol–water partition coefficient (Wildman–Crippen LogP) is 3.72. The van der Waals surface area contributed by atoms with E-state index in [1.165, 1.54) is 4.70 Å². The van der Waals surface area contributed by atoms with Crippen molar-refractivity contribution in [2.75, 3.05) is 13.1 Å². The third-order valence-electron chi connectivity index (χ3n) is 4.76. The van der Waals surface area contributed by atoms with Crippen LogP contribution in [0.25, 0.3) is 10.2 Å². The Balaban J connectivity index is 1.44. The Labute approximate surface area is 151 Å². The van der Waals surface area contributed by atoms with Gasteiger partial charge in [-0.05, 0) is 50.2 Å². The number of amides is 1. The van der Waals surface area contributed by atoms with Crippen molar-refractivity contribution in [1.29, 1.82) is 0 Å². The van der Waals surface area contributed by atoms with E-state index in [1.54, 1.807) is 11.3 Å². The molecule has 1 N–H and O–H groups in total. The molecule has 2 aromatic rings. The predicted molar refractivity (Wildman–Crippen MR) is 98.7 cm³/mol. The molecule has 0 bridgehead atoms. The molecule has 1 aromatic heterocycles. The number of para-hydroxylation sites is 1. The molecule has 6 heteroatoms. The van der Waals surface area contributed by atoms with Crippen molar-refractivity contribution < 1.29 is 14.7 Å². The molecular weight excluding hydrogens is 336 g/mol. The molecule has 0 aliphatic carbocycles. The van der Waals surface area contributed by atoms with Crippen molar-refractivity contribution in [3.05, 3.63) is 29.3 Å². The second-order valence-corrected chi connectivity index (χ2v) is 7.82. The number of carboxylic acid groups (broad SMARTS) is 1. The molecule has 25 heavy (non-hydrogen) atoms. The van der Waals surface area contributed by atoms with Gasteiger partial charge < -0.3 is 10.0 Å². The largest absolute Gasteiger partial charge is 0.481 e. The zero-order valence-electron chi connectivity index (χ0n) is 14.3. The molecule has 1 saturated heterocycles. The van der Waals surface area contributed by atoms with E-state index in [0.717, 1.165) is 42.8 Å². The topological polar surface area (TPSA) is 70.5 Å². The molecule has 1 aliphatic rings. The lowest BCUT2D eigenvalue weighted by atomic mass is 9.93. The zero-order valence-corrected chi connectivity index (χ0v) is 15.1. The Kier molecular flexibility index (Phi) is 6.02. The highest BCUT2D eigenvalue weighted by Gasteiger charge is 2.23. The number of aromatic nitrogens is 1. The fourth-order valence-electron chi connectivity index (χ4n) is 3.43. The number of thiazole rings is 1. The first-order valence-corrected chi connectivity index (χ1v) is 9.77. The summed E-state index contributed by atoms with van der Waals surface area (Å²) < 4.78 is 1.20. The second-order valence-electron chi connectivity index (χ2n) is 6.71. The highest BCUT2D eigenvalue weighted by molar-refractivity contribution is 7.18. The van der Waals surface area contributed by atoms with Crippen LogP contribution in [0.2, 0.25) is 0 Å². The van der Waals surface area contributed by atoms with Gasteiger partial charge in [-0.3, -0.25) is 9.59 Å². The van der Waals surface area contributed by atoms with Crippen LogP contribution in [-0.4, -0.2) is 40.0 Å². The van der Waals surface area contributed by atoms with E-state index in [1.807, 2.05) is 23.1 Å². The molecule has 0 radical (unpaired) electrons. The number of rotatable bonds is 7. The van der Waals surface area contributed by atoms with Gasteiger partial charge in [0.05, 0.1) is 15.2 Å². The molecule has 134 valence electrons. The number of carboxylic acids is 1. The van der Waals surface area contributed by atoms with E-state index in [-0.39, 0.29) is 12.3 Å². The highest BCUT2D eigenvalue weighted by Crippen LogP contribution is 2.24. The Hall–Kier alpha value is -1.95. The van der Waals surface area contributed by atoms with Crippen molar-refractivity contribution in [3.8, 4) is 0 Å². The van der Waals surface area contributed by atoms with Crippen LogP contribution in [0.1, 0.15) is 43.5 Å². The lowest BCUT2D eigenvalue weighted by Gasteiger charge is -2.32. The minimum Gasteiger partial charge on any atom is -0.481 e. The van der Waals surface area contributed by atoms with E-state index in [9.17, 15) is 9.59 Å². The van der Waals surface area contributed by atoms with Crippen molar-refractivity contribution in [3.63, 3.8) is 0 Å². The third kappa shape index (κ3) is 5.01. The number of hydrogen-bond donors (Lipinski definition) is 1. The van der Waals surface area contributed by atoms with Gasteiger partial charge in [0.15, 0.2) is 0 Å². The van der Waals surface area contributed by atoms with Gasteiger partial charge in [0.1, 0.15) is 0 Å². The summed E-state index contributed by atoms with van der Waals surface area (Å²) in [5.41, 5.74) is 1.03. The van der Waals surface area contributed by atoms with Crippen LogP contribution in [0.5, 0.6) is 0 Å². The maximum Gasteiger partial charge on any atom is 0.303 e. The van der Waals surface area contributed by atoms with E-state index in [0.29, 0.717) is 25.3 Å². The van der Waals surface area contributed by atoms with Crippen LogP contribution in [0, 0.1) is 5.92 Å². The summed E-state index contributed by atoms with van der Waals surface area (Å²) in [7, 11) is 0. The standard InChI is InChI=1S/C19H24N2O3S/c22-18(21-12-4-5-14(13-21)10-11-19(23)24)9-3-8-17-20-15-6-1-2-7-16(15)25-17/h1-2,6-7,14H,3-5,8-13H2,(H,23,24)/t14-/m0/s1. The van der Waals surface area contributed by atoms with Gasteiger partial charge in [0.2, 0.25) is 5.91 Å². The lowest BCUT2D eigenvalue weighted by molar-refractivity contribution is -0.137. The summed E-state index contributed by atoms with van der Waals surface area (Å²) in [6.45, 7) is 1.52. The van der Waals surface area contributed by atoms with E-state index >= 15 is 0 Å². The molecule has 5 nitrogen and oxygen atoms in total. The van der Waals surface area contributed by atoms with Crippen molar-refractivity contribution in [2.24, 2.45) is 5.92 Å². The molecule has 1 amide bonds. The highest BCUT2D eigenvalue weighted by atomic mass is 32.1. The van der Waals surface area contributed by atoms with Gasteiger partial charge in [-0.25, -0.2) is 4.98 Å². The normalized spacial score (nSPS) is 17.8. The number of carbonyl (C=O) groups is 2. The number of likely N-dealkylation sites (tertiary alicyclic amines) is 1. The minimum absolute atomic E-state index is 0.195. The van der Waals surface area contributed by atoms with E-state index in [4.69, 9.17) is 5.11 Å². The van der Waals surface area contributed by atoms with Gasteiger partial charge >= 0.3 is 5.97 Å². The Morgan fingerprint density at radius 3 is 2.92 bits per heavy atom. The summed E-state index contributed by atoms with van der Waals surface area (Å²) in [5, 5.41) is 9.90. The van der Waals surface area contributed by atoms with Crippen molar-refractivity contribution >= 4 is 33.4 Å². The number of carbonyl (C=O) groups excluding carboxylic acids is 1. The van der Waals surface area contributed by atoms with Crippen LogP contribution in [-0.2, 0) is 16.0 Å². The number of aryl methyl sites for hydroxylation is 1. The monoisotopic (exact) mass is 360 g/mol. The summed E-state index contributed by atoms with van der Waals surface area (Å²) in [6, 6.07) is 8.11. The molecule has 0 spiro atoms. The molecule has 0 unspecified atom stereocenters. The Bertz CT molecular complexity index is 710. The third-order valence-corrected chi connectivity index (χ3v) is 5.85. The second kappa shape index (κ2) is 8.43. The first-order chi connectivity index (χ1) is 12.1. The summed E-state index contributed by atoms with van der Waals surface area (Å²) in [6.07, 6.45) is 5.07. The summed E-state index contributed by atoms with van der Waals surface area (Å²) >= 11 is 1.70. The average Bonchev–Trinajstić information content (AvgIpc) is 3.03. The first-order valence-electron chi connectivity index (χ1n) is 8.96. The van der Waals surface area contributed by atoms with Gasteiger partial charge in [-0.15, -0.1) is 11.3 Å². The van der Waals surface area contributed by atoms with Crippen LogP contribution in [0.4, 0.5) is 0 Å². The van der Waals surface area contributed by atoms with Gasteiger partial charge in [-0.1, -0.05) is 12.1 Å². The molecule has 1 aliphatic heterocycles. The minimum atomic E-state index is -0.751. The number of nitrogens with zero attached hydrogens (tertiary/aromatic N) is 2.